The topological polar surface area (TPSA) is 42.7 Å². The second kappa shape index (κ2) is 4.97. The molecule has 1 aromatic heterocycles. The van der Waals surface area contributed by atoms with Crippen molar-refractivity contribution < 1.29 is 0 Å². The Hall–Kier alpha value is -0.880. The molecule has 0 atom stereocenters. The van der Waals surface area contributed by atoms with Gasteiger partial charge in [-0.25, -0.2) is 0 Å². The first-order valence-corrected chi connectivity index (χ1v) is 6.28. The minimum Gasteiger partial charge on any atom is -0.377 e. The van der Waals surface area contributed by atoms with E-state index in [0.717, 1.165) is 20.3 Å². The van der Waals surface area contributed by atoms with Crippen LogP contribution in [0, 0.1) is 0 Å². The number of halogens is 2. The molecule has 1 N–H and O–H groups in total. The highest BCUT2D eigenvalue weighted by molar-refractivity contribution is 9.11. The molecule has 1 aromatic carbocycles. The predicted molar refractivity (Wildman–Crippen MR) is 70.2 cm³/mol. The van der Waals surface area contributed by atoms with Crippen molar-refractivity contribution >= 4 is 37.5 Å². The van der Waals surface area contributed by atoms with Gasteiger partial charge >= 0.3 is 0 Å². The van der Waals surface area contributed by atoms with Crippen molar-refractivity contribution in [2.45, 2.75) is 6.54 Å². The molecule has 0 saturated heterocycles. The van der Waals surface area contributed by atoms with Crippen LogP contribution in [0.5, 0.6) is 0 Å². The van der Waals surface area contributed by atoms with Gasteiger partial charge in [0.15, 0.2) is 0 Å². The van der Waals surface area contributed by atoms with Crippen LogP contribution in [0.1, 0.15) is 5.69 Å². The summed E-state index contributed by atoms with van der Waals surface area (Å²) in [7, 11) is 1.85. The van der Waals surface area contributed by atoms with Crippen LogP contribution in [-0.4, -0.2) is 15.0 Å². The molecule has 0 aliphatic heterocycles. The van der Waals surface area contributed by atoms with Crippen LogP contribution >= 0.6 is 31.9 Å². The van der Waals surface area contributed by atoms with E-state index in [2.05, 4.69) is 47.5 Å². The largest absolute Gasteiger partial charge is 0.377 e. The molecule has 4 nitrogen and oxygen atoms in total. The highest BCUT2D eigenvalue weighted by atomic mass is 79.9. The number of para-hydroxylation sites is 1. The summed E-state index contributed by atoms with van der Waals surface area (Å²) in [6, 6.07) is 5.95. The summed E-state index contributed by atoms with van der Waals surface area (Å²) < 4.78 is 3.73. The van der Waals surface area contributed by atoms with E-state index in [-0.39, 0.29) is 0 Å². The third-order valence-electron chi connectivity index (χ3n) is 2.06. The zero-order chi connectivity index (χ0) is 11.5. The van der Waals surface area contributed by atoms with Crippen molar-refractivity contribution in [3.05, 3.63) is 39.0 Å². The molecule has 0 bridgehead atoms. The van der Waals surface area contributed by atoms with Crippen LogP contribution in [-0.2, 0) is 13.6 Å². The molecule has 0 amide bonds. The number of nitrogens with zero attached hydrogens (tertiary/aromatic N) is 3. The smallest absolute Gasteiger partial charge is 0.102 e. The van der Waals surface area contributed by atoms with Gasteiger partial charge in [0.05, 0.1) is 12.2 Å². The number of aryl methyl sites for hydroxylation is 1. The number of hydrogen-bond donors (Lipinski definition) is 1. The average molecular weight is 346 g/mol. The maximum atomic E-state index is 4.01. The van der Waals surface area contributed by atoms with Gasteiger partial charge in [0.25, 0.3) is 0 Å². The van der Waals surface area contributed by atoms with Crippen LogP contribution in [0.4, 0.5) is 5.69 Å². The Labute approximate surface area is 110 Å². The lowest BCUT2D eigenvalue weighted by Gasteiger charge is -2.08. The Morgan fingerprint density at radius 3 is 2.56 bits per heavy atom. The zero-order valence-corrected chi connectivity index (χ0v) is 11.8. The van der Waals surface area contributed by atoms with Crippen molar-refractivity contribution in [2.75, 3.05) is 5.32 Å². The Morgan fingerprint density at radius 1 is 1.31 bits per heavy atom. The quantitative estimate of drug-likeness (QED) is 0.930. The van der Waals surface area contributed by atoms with Crippen LogP contribution in [0.3, 0.4) is 0 Å². The number of nitrogens with one attached hydrogen (secondary N) is 1. The van der Waals surface area contributed by atoms with E-state index < -0.39 is 0 Å². The molecular formula is C10H10Br2N4. The van der Waals surface area contributed by atoms with Crippen molar-refractivity contribution in [1.82, 2.24) is 15.0 Å². The monoisotopic (exact) mass is 344 g/mol. The van der Waals surface area contributed by atoms with E-state index in [1.54, 1.807) is 4.68 Å². The van der Waals surface area contributed by atoms with E-state index in [4.69, 9.17) is 0 Å². The summed E-state index contributed by atoms with van der Waals surface area (Å²) in [6.45, 7) is 0.648. The fraction of sp³-hybridized carbons (Fsp3) is 0.200. The van der Waals surface area contributed by atoms with Crippen LogP contribution in [0.25, 0.3) is 0 Å². The van der Waals surface area contributed by atoms with Crippen molar-refractivity contribution in [3.8, 4) is 0 Å². The highest BCUT2D eigenvalue weighted by Gasteiger charge is 2.05. The number of anilines is 1. The fourth-order valence-electron chi connectivity index (χ4n) is 1.32. The molecule has 0 saturated carbocycles. The van der Waals surface area contributed by atoms with Gasteiger partial charge in [-0.1, -0.05) is 11.3 Å². The molecule has 0 aliphatic carbocycles. The summed E-state index contributed by atoms with van der Waals surface area (Å²) in [5.74, 6) is 0. The Kier molecular flexibility index (Phi) is 3.60. The lowest BCUT2D eigenvalue weighted by molar-refractivity contribution is 0.713. The van der Waals surface area contributed by atoms with Gasteiger partial charge in [-0.2, -0.15) is 0 Å². The van der Waals surface area contributed by atoms with Gasteiger partial charge in [0.1, 0.15) is 5.69 Å². The molecule has 0 radical (unpaired) electrons. The molecule has 6 heteroatoms. The highest BCUT2D eigenvalue weighted by Crippen LogP contribution is 2.30. The lowest BCUT2D eigenvalue weighted by atomic mass is 10.3. The lowest BCUT2D eigenvalue weighted by Crippen LogP contribution is -2.01. The predicted octanol–water partition coefficient (Wildman–Crippen LogP) is 2.95. The van der Waals surface area contributed by atoms with E-state index in [0.29, 0.717) is 6.54 Å². The second-order valence-corrected chi connectivity index (χ2v) is 5.04. The molecule has 2 rings (SSSR count). The Bertz CT molecular complexity index is 475. The molecule has 84 valence electrons. The summed E-state index contributed by atoms with van der Waals surface area (Å²) in [5, 5.41) is 11.2. The standard InChI is InChI=1S/C10H10Br2N4/c1-16-6-7(14-15-16)5-13-10-8(11)3-2-4-9(10)12/h2-4,6,13H,5H2,1H3. The zero-order valence-electron chi connectivity index (χ0n) is 8.61. The van der Waals surface area contributed by atoms with Crippen molar-refractivity contribution in [2.24, 2.45) is 7.05 Å². The Balaban J connectivity index is 2.10. The first-order chi connectivity index (χ1) is 7.66. The molecule has 0 fully saturated rings. The van der Waals surface area contributed by atoms with Crippen LogP contribution in [0.2, 0.25) is 0 Å². The number of rotatable bonds is 3. The van der Waals surface area contributed by atoms with Gasteiger partial charge in [0.2, 0.25) is 0 Å². The maximum absolute atomic E-state index is 4.01. The first kappa shape index (κ1) is 11.6. The van der Waals surface area contributed by atoms with E-state index in [9.17, 15) is 0 Å². The fourth-order valence-corrected chi connectivity index (χ4v) is 2.60. The summed E-state index contributed by atoms with van der Waals surface area (Å²) in [4.78, 5) is 0. The van der Waals surface area contributed by atoms with Gasteiger partial charge in [-0.3, -0.25) is 4.68 Å². The van der Waals surface area contributed by atoms with Gasteiger partial charge in [0, 0.05) is 22.2 Å². The third-order valence-corrected chi connectivity index (χ3v) is 3.38. The average Bonchev–Trinajstić information content (AvgIpc) is 2.63. The molecule has 0 unspecified atom stereocenters. The minimum atomic E-state index is 0.648. The molecule has 2 aromatic rings. The second-order valence-electron chi connectivity index (χ2n) is 3.33. The molecular weight excluding hydrogens is 336 g/mol. The van der Waals surface area contributed by atoms with Gasteiger partial charge in [-0.15, -0.1) is 5.10 Å². The SMILES string of the molecule is Cn1cc(CNc2c(Br)cccc2Br)nn1. The number of aromatic nitrogens is 3. The van der Waals surface area contributed by atoms with E-state index >= 15 is 0 Å². The molecule has 0 aliphatic rings. The number of benzene rings is 1. The van der Waals surface area contributed by atoms with Gasteiger partial charge in [-0.05, 0) is 44.0 Å². The third kappa shape index (κ3) is 2.62. The summed E-state index contributed by atoms with van der Waals surface area (Å²) >= 11 is 6.98. The normalized spacial score (nSPS) is 10.4. The minimum absolute atomic E-state index is 0.648. The van der Waals surface area contributed by atoms with Crippen LogP contribution < -0.4 is 5.32 Å². The van der Waals surface area contributed by atoms with Crippen LogP contribution in [0.15, 0.2) is 33.3 Å². The summed E-state index contributed by atoms with van der Waals surface area (Å²) in [5.41, 5.74) is 1.93. The number of hydrogen-bond acceptors (Lipinski definition) is 3. The van der Waals surface area contributed by atoms with Crippen molar-refractivity contribution in [1.29, 1.82) is 0 Å². The molecule has 1 heterocycles. The summed E-state index contributed by atoms with van der Waals surface area (Å²) in [6.07, 6.45) is 1.89. The molecule has 0 spiro atoms. The molecule has 16 heavy (non-hydrogen) atoms. The van der Waals surface area contributed by atoms with Gasteiger partial charge < -0.3 is 5.32 Å². The van der Waals surface area contributed by atoms with E-state index in [1.807, 2.05) is 31.4 Å². The van der Waals surface area contributed by atoms with Crippen molar-refractivity contribution in [3.63, 3.8) is 0 Å². The Morgan fingerprint density at radius 2 is 2.00 bits per heavy atom. The van der Waals surface area contributed by atoms with E-state index in [1.165, 1.54) is 0 Å². The first-order valence-electron chi connectivity index (χ1n) is 4.70. The maximum Gasteiger partial charge on any atom is 0.102 e.